The van der Waals surface area contributed by atoms with Crippen molar-refractivity contribution in [2.45, 2.75) is 77.4 Å². The number of carbonyl (C=O) groups excluding carboxylic acids is 4. The second-order valence-electron chi connectivity index (χ2n) is 11.4. The van der Waals surface area contributed by atoms with Crippen LogP contribution in [-0.4, -0.2) is 67.1 Å². The van der Waals surface area contributed by atoms with Crippen molar-refractivity contribution in [3.8, 4) is 5.75 Å². The van der Waals surface area contributed by atoms with Crippen molar-refractivity contribution in [1.29, 1.82) is 0 Å². The van der Waals surface area contributed by atoms with Crippen LogP contribution < -0.4 is 20.7 Å². The highest BCUT2D eigenvalue weighted by molar-refractivity contribution is 5.91. The van der Waals surface area contributed by atoms with E-state index in [1.165, 1.54) is 0 Å². The Bertz CT molecular complexity index is 1250. The third kappa shape index (κ3) is 9.73. The summed E-state index contributed by atoms with van der Waals surface area (Å²) < 4.78 is 11.3. The second kappa shape index (κ2) is 16.0. The second-order valence-corrected chi connectivity index (χ2v) is 11.4. The molecule has 232 valence electrons. The van der Waals surface area contributed by atoms with Gasteiger partial charge in [0, 0.05) is 32.0 Å². The SMILES string of the molecule is CCCCOC(=O)N[C@H]1CCC(=O)N2CCC(COc3ccc(C)c(c3)CNC(=O)[C@H](CCc3ccccc3)NC1=O)C2. The third-order valence-electron chi connectivity index (χ3n) is 8.08. The number of carbonyl (C=O) groups is 4. The molecule has 1 fully saturated rings. The molecule has 3 atom stereocenters. The molecule has 4 amide bonds. The summed E-state index contributed by atoms with van der Waals surface area (Å²) in [5.41, 5.74) is 2.96. The Kier molecular flexibility index (Phi) is 11.8. The molecule has 0 aromatic heterocycles. The quantitative estimate of drug-likeness (QED) is 0.422. The molecular weight excluding hydrogens is 548 g/mol. The van der Waals surface area contributed by atoms with E-state index in [2.05, 4.69) is 16.0 Å². The van der Waals surface area contributed by atoms with Gasteiger partial charge in [-0.1, -0.05) is 49.7 Å². The van der Waals surface area contributed by atoms with Gasteiger partial charge in [-0.15, -0.1) is 0 Å². The Hall–Kier alpha value is -4.08. The molecule has 0 spiro atoms. The number of benzene rings is 2. The first kappa shape index (κ1) is 31.8. The van der Waals surface area contributed by atoms with Gasteiger partial charge in [-0.2, -0.15) is 0 Å². The summed E-state index contributed by atoms with van der Waals surface area (Å²) in [7, 11) is 0. The predicted molar refractivity (Wildman–Crippen MR) is 162 cm³/mol. The molecule has 2 aliphatic rings. The Labute approximate surface area is 253 Å². The van der Waals surface area contributed by atoms with Crippen molar-refractivity contribution in [1.82, 2.24) is 20.9 Å². The highest BCUT2D eigenvalue weighted by Crippen LogP contribution is 2.22. The Morgan fingerprint density at radius 1 is 1.09 bits per heavy atom. The lowest BCUT2D eigenvalue weighted by molar-refractivity contribution is -0.132. The monoisotopic (exact) mass is 592 g/mol. The van der Waals surface area contributed by atoms with E-state index < -0.39 is 24.1 Å². The standard InChI is InChI=1S/C33H44N4O6/c1-3-4-18-42-33(41)36-29-14-15-30(38)37-17-16-25(21-37)22-43-27-12-10-23(2)26(19-27)20-34-31(39)28(35-32(29)40)13-11-24-8-6-5-7-9-24/h5-10,12,19,25,28-29H,3-4,11,13-18,20-22H2,1-2H3,(H,34,39)(H,35,40)(H,36,41)/t25?,28-,29-/m0/s1. The number of rotatable bonds is 7. The van der Waals surface area contributed by atoms with E-state index in [0.29, 0.717) is 39.0 Å². The summed E-state index contributed by atoms with van der Waals surface area (Å²) in [6.45, 7) is 6.15. The van der Waals surface area contributed by atoms with Gasteiger partial charge < -0.3 is 30.3 Å². The zero-order valence-corrected chi connectivity index (χ0v) is 25.2. The van der Waals surface area contributed by atoms with Gasteiger partial charge in [0.2, 0.25) is 17.7 Å². The van der Waals surface area contributed by atoms with Gasteiger partial charge in [0.15, 0.2) is 0 Å². The number of ether oxygens (including phenoxy) is 2. The fraction of sp³-hybridized carbons (Fsp3) is 0.515. The van der Waals surface area contributed by atoms with Crippen molar-refractivity contribution in [3.63, 3.8) is 0 Å². The minimum Gasteiger partial charge on any atom is -0.493 e. The van der Waals surface area contributed by atoms with Crippen LogP contribution in [0.3, 0.4) is 0 Å². The number of fused-ring (bicyclic) bond motifs is 4. The van der Waals surface area contributed by atoms with Gasteiger partial charge in [0.25, 0.3) is 0 Å². The zero-order chi connectivity index (χ0) is 30.6. The van der Waals surface area contributed by atoms with E-state index in [4.69, 9.17) is 9.47 Å². The molecule has 4 bridgehead atoms. The maximum Gasteiger partial charge on any atom is 0.407 e. The van der Waals surface area contributed by atoms with Crippen LogP contribution in [0.25, 0.3) is 0 Å². The van der Waals surface area contributed by atoms with Crippen LogP contribution in [-0.2, 0) is 32.1 Å². The fourth-order valence-electron chi connectivity index (χ4n) is 5.33. The van der Waals surface area contributed by atoms with Gasteiger partial charge in [-0.3, -0.25) is 14.4 Å². The molecule has 10 nitrogen and oxygen atoms in total. The van der Waals surface area contributed by atoms with Gasteiger partial charge in [-0.05, 0) is 67.9 Å². The first-order valence-electron chi connectivity index (χ1n) is 15.4. The van der Waals surface area contributed by atoms with Gasteiger partial charge in [-0.25, -0.2) is 4.79 Å². The van der Waals surface area contributed by atoms with Crippen LogP contribution in [0.5, 0.6) is 5.75 Å². The van der Waals surface area contributed by atoms with Gasteiger partial charge >= 0.3 is 6.09 Å². The third-order valence-corrected chi connectivity index (χ3v) is 8.08. The molecule has 0 aliphatic carbocycles. The normalized spacial score (nSPS) is 21.6. The average Bonchev–Trinajstić information content (AvgIpc) is 3.49. The highest BCUT2D eigenvalue weighted by atomic mass is 16.5. The molecule has 4 rings (SSSR count). The number of nitrogens with one attached hydrogen (secondary N) is 3. The number of hydrogen-bond acceptors (Lipinski definition) is 6. The molecule has 2 aromatic rings. The number of hydrogen-bond donors (Lipinski definition) is 3. The van der Waals surface area contributed by atoms with Crippen LogP contribution >= 0.6 is 0 Å². The molecule has 2 aliphatic heterocycles. The summed E-state index contributed by atoms with van der Waals surface area (Å²) in [6.07, 6.45) is 2.74. The number of amides is 4. The largest absolute Gasteiger partial charge is 0.493 e. The predicted octanol–water partition coefficient (Wildman–Crippen LogP) is 3.64. The smallest absolute Gasteiger partial charge is 0.407 e. The number of alkyl carbamates (subject to hydrolysis) is 1. The molecule has 3 N–H and O–H groups in total. The van der Waals surface area contributed by atoms with Crippen LogP contribution in [0.1, 0.15) is 62.1 Å². The highest BCUT2D eigenvalue weighted by Gasteiger charge is 2.31. The Balaban J connectivity index is 1.56. The van der Waals surface area contributed by atoms with Crippen molar-refractivity contribution in [3.05, 3.63) is 65.2 Å². The lowest BCUT2D eigenvalue weighted by Crippen LogP contribution is -2.54. The molecule has 0 saturated carbocycles. The number of nitrogens with zero attached hydrogens (tertiary/aromatic N) is 1. The summed E-state index contributed by atoms with van der Waals surface area (Å²) in [5, 5.41) is 8.48. The fourth-order valence-corrected chi connectivity index (χ4v) is 5.33. The first-order valence-corrected chi connectivity index (χ1v) is 15.4. The van der Waals surface area contributed by atoms with E-state index in [0.717, 1.165) is 35.3 Å². The van der Waals surface area contributed by atoms with Gasteiger partial charge in [0.05, 0.1) is 13.2 Å². The Morgan fingerprint density at radius 2 is 1.91 bits per heavy atom. The maximum absolute atomic E-state index is 13.6. The summed E-state index contributed by atoms with van der Waals surface area (Å²) >= 11 is 0. The molecule has 10 heteroatoms. The van der Waals surface area contributed by atoms with E-state index >= 15 is 0 Å². The molecule has 0 radical (unpaired) electrons. The summed E-state index contributed by atoms with van der Waals surface area (Å²) in [5.74, 6) is -0.0301. The molecule has 1 saturated heterocycles. The van der Waals surface area contributed by atoms with Gasteiger partial charge in [0.1, 0.15) is 17.8 Å². The van der Waals surface area contributed by atoms with E-state index in [1.807, 2.05) is 62.4 Å². The van der Waals surface area contributed by atoms with Crippen LogP contribution in [0.2, 0.25) is 0 Å². The van der Waals surface area contributed by atoms with E-state index in [-0.39, 0.29) is 43.7 Å². The summed E-state index contributed by atoms with van der Waals surface area (Å²) in [6, 6.07) is 13.6. The molecule has 2 heterocycles. The molecule has 2 aromatic carbocycles. The lowest BCUT2D eigenvalue weighted by Gasteiger charge is -2.24. The number of aryl methyl sites for hydroxylation is 2. The number of unbranched alkanes of at least 4 members (excludes halogenated alkanes) is 1. The minimum atomic E-state index is -1.04. The van der Waals surface area contributed by atoms with Crippen LogP contribution in [0.15, 0.2) is 48.5 Å². The van der Waals surface area contributed by atoms with E-state index in [1.54, 1.807) is 4.90 Å². The Morgan fingerprint density at radius 3 is 2.70 bits per heavy atom. The van der Waals surface area contributed by atoms with Crippen molar-refractivity contribution >= 4 is 23.8 Å². The van der Waals surface area contributed by atoms with Crippen molar-refractivity contribution in [2.75, 3.05) is 26.3 Å². The lowest BCUT2D eigenvalue weighted by atomic mass is 10.0. The average molecular weight is 593 g/mol. The zero-order valence-electron chi connectivity index (χ0n) is 25.2. The van der Waals surface area contributed by atoms with Crippen molar-refractivity contribution < 1.29 is 28.7 Å². The molecule has 1 unspecified atom stereocenters. The summed E-state index contributed by atoms with van der Waals surface area (Å²) in [4.78, 5) is 54.6. The molecule has 43 heavy (non-hydrogen) atoms. The van der Waals surface area contributed by atoms with E-state index in [9.17, 15) is 19.2 Å². The minimum absolute atomic E-state index is 0.0725. The van der Waals surface area contributed by atoms with Crippen molar-refractivity contribution in [2.24, 2.45) is 5.92 Å². The topological polar surface area (TPSA) is 126 Å². The first-order chi connectivity index (χ1) is 20.8. The maximum atomic E-state index is 13.6. The van der Waals surface area contributed by atoms with Crippen LogP contribution in [0, 0.1) is 12.8 Å². The molecular formula is C33H44N4O6. The van der Waals surface area contributed by atoms with Crippen LogP contribution in [0.4, 0.5) is 4.79 Å².